The molecule has 30 heavy (non-hydrogen) atoms. The van der Waals surface area contributed by atoms with Gasteiger partial charge >= 0.3 is 6.03 Å². The first-order valence-electron chi connectivity index (χ1n) is 9.75. The molecule has 3 rings (SSSR count). The van der Waals surface area contributed by atoms with Gasteiger partial charge in [-0.25, -0.2) is 9.78 Å². The molecule has 1 aromatic heterocycles. The number of aryl methyl sites for hydroxylation is 1. The Bertz CT molecular complexity index is 943. The predicted molar refractivity (Wildman–Crippen MR) is 120 cm³/mol. The summed E-state index contributed by atoms with van der Waals surface area (Å²) in [6.45, 7) is 6.33. The van der Waals surface area contributed by atoms with Gasteiger partial charge in [-0.2, -0.15) is 0 Å². The molecule has 3 aromatic rings. The van der Waals surface area contributed by atoms with Gasteiger partial charge in [-0.1, -0.05) is 56.3 Å². The zero-order valence-electron chi connectivity index (χ0n) is 17.3. The number of nitro groups is 1. The fraction of sp³-hybridized carbons (Fsp3) is 0.273. The summed E-state index contributed by atoms with van der Waals surface area (Å²) in [7, 11) is 0. The molecule has 8 heteroatoms. The van der Waals surface area contributed by atoms with Gasteiger partial charge in [-0.15, -0.1) is 11.3 Å². The van der Waals surface area contributed by atoms with Gasteiger partial charge < -0.3 is 10.6 Å². The van der Waals surface area contributed by atoms with E-state index in [9.17, 15) is 14.9 Å². The largest absolute Gasteiger partial charge is 0.334 e. The van der Waals surface area contributed by atoms with Crippen LogP contribution in [-0.4, -0.2) is 15.9 Å². The number of hydrogen-bond donors (Lipinski definition) is 2. The second-order valence-electron chi connectivity index (χ2n) is 6.32. The Balaban J connectivity index is 0.00000155. The first-order chi connectivity index (χ1) is 14.5. The molecule has 0 radical (unpaired) electrons. The molecule has 0 fully saturated rings. The monoisotopic (exact) mass is 426 g/mol. The molecule has 0 aliphatic heterocycles. The average Bonchev–Trinajstić information content (AvgIpc) is 3.20. The molecule has 0 aliphatic rings. The van der Waals surface area contributed by atoms with Gasteiger partial charge in [-0.3, -0.25) is 10.1 Å². The third-order valence-electron chi connectivity index (χ3n) is 4.12. The van der Waals surface area contributed by atoms with Crippen LogP contribution in [0.15, 0.2) is 60.0 Å². The second kappa shape index (κ2) is 11.7. The number of nitrogens with zero attached hydrogens (tertiary/aromatic N) is 2. The molecule has 2 aromatic carbocycles. The number of aromatic nitrogens is 1. The lowest BCUT2D eigenvalue weighted by molar-refractivity contribution is -0.384. The molecular formula is C22H26N4O3S. The molecule has 2 amide bonds. The van der Waals surface area contributed by atoms with Gasteiger partial charge in [0.15, 0.2) is 0 Å². The third kappa shape index (κ3) is 6.97. The van der Waals surface area contributed by atoms with Crippen LogP contribution in [0.3, 0.4) is 0 Å². The summed E-state index contributed by atoms with van der Waals surface area (Å²) in [4.78, 5) is 27.3. The summed E-state index contributed by atoms with van der Waals surface area (Å²) < 4.78 is 0. The third-order valence-corrected chi connectivity index (χ3v) is 5.20. The van der Waals surface area contributed by atoms with Gasteiger partial charge in [0.1, 0.15) is 5.01 Å². The maximum Gasteiger partial charge on any atom is 0.315 e. The van der Waals surface area contributed by atoms with Crippen molar-refractivity contribution in [3.63, 3.8) is 0 Å². The van der Waals surface area contributed by atoms with E-state index in [2.05, 4.69) is 15.6 Å². The highest BCUT2D eigenvalue weighted by molar-refractivity contribution is 7.09. The smallest absolute Gasteiger partial charge is 0.315 e. The SMILES string of the molecule is CC.Cc1csc([C@H](Cc2ccc([N+](=O)[O-])cc2)NC(=O)NCc2ccccc2)n1. The summed E-state index contributed by atoms with van der Waals surface area (Å²) >= 11 is 1.48. The van der Waals surface area contributed by atoms with E-state index in [4.69, 9.17) is 0 Å². The summed E-state index contributed by atoms with van der Waals surface area (Å²) in [5, 5.41) is 19.4. The number of non-ortho nitro benzene ring substituents is 1. The maximum absolute atomic E-state index is 12.4. The van der Waals surface area contributed by atoms with Crippen LogP contribution in [0.1, 0.15) is 41.7 Å². The van der Waals surface area contributed by atoms with E-state index in [1.165, 1.54) is 23.5 Å². The van der Waals surface area contributed by atoms with Crippen molar-refractivity contribution in [2.75, 3.05) is 0 Å². The van der Waals surface area contributed by atoms with Gasteiger partial charge in [-0.05, 0) is 24.5 Å². The Morgan fingerprint density at radius 3 is 2.33 bits per heavy atom. The Morgan fingerprint density at radius 1 is 1.10 bits per heavy atom. The van der Waals surface area contributed by atoms with Crippen LogP contribution >= 0.6 is 11.3 Å². The van der Waals surface area contributed by atoms with Crippen LogP contribution in [0.2, 0.25) is 0 Å². The minimum Gasteiger partial charge on any atom is -0.334 e. The van der Waals surface area contributed by atoms with Crippen molar-refractivity contribution in [2.24, 2.45) is 0 Å². The maximum atomic E-state index is 12.4. The number of benzene rings is 2. The number of carbonyl (C=O) groups excluding carboxylic acids is 1. The standard InChI is InChI=1S/C20H20N4O3S.C2H6/c1-14-13-28-19(22-14)18(11-15-7-9-17(10-8-15)24(26)27)23-20(25)21-12-16-5-3-2-4-6-16;1-2/h2-10,13,18H,11-12H2,1H3,(H2,21,23,25);1-2H3/t18-;/m0./s1. The zero-order valence-corrected chi connectivity index (χ0v) is 18.1. The Morgan fingerprint density at radius 2 is 1.77 bits per heavy atom. The summed E-state index contributed by atoms with van der Waals surface area (Å²) in [6, 6.07) is 15.4. The Hall–Kier alpha value is -3.26. The minimum absolute atomic E-state index is 0.0407. The number of thiazole rings is 1. The Kier molecular flexibility index (Phi) is 8.96. The number of nitro benzene ring substituents is 1. The first-order valence-corrected chi connectivity index (χ1v) is 10.6. The fourth-order valence-corrected chi connectivity index (χ4v) is 3.56. The highest BCUT2D eigenvalue weighted by atomic mass is 32.1. The molecule has 0 spiro atoms. The topological polar surface area (TPSA) is 97.2 Å². The summed E-state index contributed by atoms with van der Waals surface area (Å²) in [5.74, 6) is 0. The van der Waals surface area contributed by atoms with E-state index in [0.717, 1.165) is 21.8 Å². The molecule has 1 atom stereocenters. The van der Waals surface area contributed by atoms with Crippen LogP contribution in [0.4, 0.5) is 10.5 Å². The lowest BCUT2D eigenvalue weighted by Gasteiger charge is -2.17. The van der Waals surface area contributed by atoms with Crippen LogP contribution in [0.5, 0.6) is 0 Å². The van der Waals surface area contributed by atoms with Crippen molar-refractivity contribution in [1.82, 2.24) is 15.6 Å². The first kappa shape index (κ1) is 23.0. The molecular weight excluding hydrogens is 400 g/mol. The average molecular weight is 427 g/mol. The molecule has 0 saturated carbocycles. The van der Waals surface area contributed by atoms with Crippen molar-refractivity contribution in [2.45, 2.75) is 39.8 Å². The predicted octanol–water partition coefficient (Wildman–Crippen LogP) is 5.17. The van der Waals surface area contributed by atoms with E-state index in [0.29, 0.717) is 13.0 Å². The van der Waals surface area contributed by atoms with Crippen molar-refractivity contribution in [1.29, 1.82) is 0 Å². The number of nitrogens with one attached hydrogen (secondary N) is 2. The van der Waals surface area contributed by atoms with E-state index >= 15 is 0 Å². The quantitative estimate of drug-likeness (QED) is 0.402. The molecule has 0 bridgehead atoms. The normalized spacial score (nSPS) is 11.0. The number of rotatable bonds is 7. The molecule has 158 valence electrons. The highest BCUT2D eigenvalue weighted by Crippen LogP contribution is 2.23. The second-order valence-corrected chi connectivity index (χ2v) is 7.21. The summed E-state index contributed by atoms with van der Waals surface area (Å²) in [6.07, 6.45) is 0.490. The van der Waals surface area contributed by atoms with E-state index < -0.39 is 4.92 Å². The lowest BCUT2D eigenvalue weighted by atomic mass is 10.1. The van der Waals surface area contributed by atoms with Crippen LogP contribution in [0.25, 0.3) is 0 Å². The van der Waals surface area contributed by atoms with Gasteiger partial charge in [0.2, 0.25) is 0 Å². The number of amides is 2. The van der Waals surface area contributed by atoms with Crippen molar-refractivity contribution < 1.29 is 9.72 Å². The molecule has 0 saturated heterocycles. The van der Waals surface area contributed by atoms with Crippen LogP contribution in [0, 0.1) is 17.0 Å². The molecule has 7 nitrogen and oxygen atoms in total. The van der Waals surface area contributed by atoms with Gasteiger partial charge in [0.05, 0.1) is 11.0 Å². The number of hydrogen-bond acceptors (Lipinski definition) is 5. The number of urea groups is 1. The zero-order chi connectivity index (χ0) is 21.9. The Labute approximate surface area is 180 Å². The number of carbonyl (C=O) groups is 1. The van der Waals surface area contributed by atoms with Crippen molar-refractivity contribution in [3.8, 4) is 0 Å². The molecule has 2 N–H and O–H groups in total. The van der Waals surface area contributed by atoms with E-state index in [1.807, 2.05) is 56.5 Å². The van der Waals surface area contributed by atoms with Crippen LogP contribution < -0.4 is 10.6 Å². The highest BCUT2D eigenvalue weighted by Gasteiger charge is 2.19. The van der Waals surface area contributed by atoms with Gasteiger partial charge in [0, 0.05) is 29.8 Å². The fourth-order valence-electron chi connectivity index (χ4n) is 2.71. The van der Waals surface area contributed by atoms with Crippen molar-refractivity contribution >= 4 is 23.1 Å². The minimum atomic E-state index is -0.430. The van der Waals surface area contributed by atoms with Gasteiger partial charge in [0.25, 0.3) is 5.69 Å². The summed E-state index contributed by atoms with van der Waals surface area (Å²) in [5.41, 5.74) is 2.82. The molecule has 1 heterocycles. The molecule has 0 aliphatic carbocycles. The lowest BCUT2D eigenvalue weighted by Crippen LogP contribution is -2.38. The van der Waals surface area contributed by atoms with E-state index in [-0.39, 0.29) is 17.8 Å². The van der Waals surface area contributed by atoms with E-state index in [1.54, 1.807) is 12.1 Å². The van der Waals surface area contributed by atoms with Crippen molar-refractivity contribution in [3.05, 3.63) is 91.9 Å². The molecule has 0 unspecified atom stereocenters. The van der Waals surface area contributed by atoms with Crippen LogP contribution in [-0.2, 0) is 13.0 Å².